The third-order valence-corrected chi connectivity index (χ3v) is 7.88. The average Bonchev–Trinajstić information content (AvgIpc) is 2.77. The quantitative estimate of drug-likeness (QED) is 0.273. The zero-order valence-electron chi connectivity index (χ0n) is 25.4. The lowest BCUT2D eigenvalue weighted by molar-refractivity contribution is -0.243. The maximum absolute atomic E-state index is 13.1. The molecular weight excluding hydrogens is 472 g/mol. The van der Waals surface area contributed by atoms with Gasteiger partial charge in [0.25, 0.3) is 0 Å². The maximum atomic E-state index is 13.1. The highest BCUT2D eigenvalue weighted by molar-refractivity contribution is 5.73. The lowest BCUT2D eigenvalue weighted by atomic mass is 9.82. The number of ether oxygens (including phenoxy) is 3. The number of nitrogens with two attached hydrogens (primary N) is 1. The van der Waals surface area contributed by atoms with E-state index in [1.807, 2.05) is 34.6 Å². The van der Waals surface area contributed by atoms with Gasteiger partial charge in [-0.2, -0.15) is 0 Å². The van der Waals surface area contributed by atoms with E-state index in [9.17, 15) is 15.0 Å². The zero-order valence-corrected chi connectivity index (χ0v) is 25.4. The number of rotatable bonds is 15. The van der Waals surface area contributed by atoms with Crippen LogP contribution in [0.3, 0.4) is 0 Å². The first-order valence-corrected chi connectivity index (χ1v) is 14.3. The molecule has 37 heavy (non-hydrogen) atoms. The lowest BCUT2D eigenvalue weighted by Crippen LogP contribution is -2.49. The predicted molar refractivity (Wildman–Crippen MR) is 148 cm³/mol. The fourth-order valence-corrected chi connectivity index (χ4v) is 5.90. The topological polar surface area (TPSA) is 114 Å². The Morgan fingerprint density at radius 3 is 2.24 bits per heavy atom. The number of esters is 1. The van der Waals surface area contributed by atoms with Crippen LogP contribution in [0.1, 0.15) is 94.4 Å². The molecule has 0 saturated carbocycles. The molecule has 4 N–H and O–H groups in total. The van der Waals surface area contributed by atoms with Crippen LogP contribution in [0.2, 0.25) is 0 Å². The second-order valence-corrected chi connectivity index (χ2v) is 12.7. The van der Waals surface area contributed by atoms with Crippen LogP contribution in [0.25, 0.3) is 0 Å². The van der Waals surface area contributed by atoms with Gasteiger partial charge < -0.3 is 35.1 Å². The van der Waals surface area contributed by atoms with E-state index in [4.69, 9.17) is 19.9 Å². The Morgan fingerprint density at radius 1 is 1.16 bits per heavy atom. The van der Waals surface area contributed by atoms with Crippen molar-refractivity contribution in [2.24, 2.45) is 29.4 Å². The van der Waals surface area contributed by atoms with Crippen molar-refractivity contribution in [2.45, 2.75) is 143 Å². The first kappa shape index (κ1) is 34.3. The van der Waals surface area contributed by atoms with Crippen LogP contribution in [0.15, 0.2) is 0 Å². The zero-order chi connectivity index (χ0) is 28.7. The molecule has 8 heteroatoms. The summed E-state index contributed by atoms with van der Waals surface area (Å²) in [5.74, 6) is -1.36. The largest absolute Gasteiger partial charge is 0.459 e. The number of carbonyl (C=O) groups excluding carboxylic acids is 1. The molecule has 1 fully saturated rings. The van der Waals surface area contributed by atoms with Gasteiger partial charge >= 0.3 is 5.97 Å². The third kappa shape index (κ3) is 10.7. The SMILES string of the molecule is CCC(OC(=O)C(C)C(O)C(C)[C@@H](OC1CC(N(C)C)CC(C)O1)C(C)CC(C)N)[C@@](C)(O)CC(C)C. The van der Waals surface area contributed by atoms with Crippen molar-refractivity contribution in [2.75, 3.05) is 14.1 Å². The Hall–Kier alpha value is -0.770. The van der Waals surface area contributed by atoms with Crippen molar-refractivity contribution in [1.29, 1.82) is 0 Å². The summed E-state index contributed by atoms with van der Waals surface area (Å²) in [6, 6.07) is 0.318. The molecule has 0 aromatic rings. The standard InChI is InChI=1S/C29H58N2O6/c1-12-24(29(9,34)16-17(2)3)36-28(33)22(8)26(32)21(7)27(18(4)13-19(5)30)37-25-15-23(31(10)11)14-20(6)35-25/h17-27,32,34H,12-16,30H2,1-11H3/t18?,19?,20?,21?,22?,23?,24?,25?,26?,27-,29-/m0/s1. The molecule has 1 aliphatic rings. The van der Waals surface area contributed by atoms with Crippen LogP contribution < -0.4 is 5.73 Å². The molecule has 0 aliphatic carbocycles. The van der Waals surface area contributed by atoms with Gasteiger partial charge in [-0.15, -0.1) is 0 Å². The van der Waals surface area contributed by atoms with E-state index in [1.54, 1.807) is 13.8 Å². The molecule has 1 aliphatic heterocycles. The molecular formula is C29H58N2O6. The molecule has 8 nitrogen and oxygen atoms in total. The molecule has 0 amide bonds. The minimum atomic E-state index is -1.13. The van der Waals surface area contributed by atoms with Crippen molar-refractivity contribution in [1.82, 2.24) is 4.90 Å². The predicted octanol–water partition coefficient (Wildman–Crippen LogP) is 3.95. The summed E-state index contributed by atoms with van der Waals surface area (Å²) in [5.41, 5.74) is 4.99. The molecule has 0 spiro atoms. The summed E-state index contributed by atoms with van der Waals surface area (Å²) in [6.45, 7) is 17.3. The molecule has 1 heterocycles. The average molecular weight is 531 g/mol. The fraction of sp³-hybridized carbons (Fsp3) is 0.966. The first-order valence-electron chi connectivity index (χ1n) is 14.3. The molecule has 220 valence electrons. The Morgan fingerprint density at radius 2 is 1.76 bits per heavy atom. The van der Waals surface area contributed by atoms with Crippen LogP contribution in [-0.2, 0) is 19.0 Å². The molecule has 0 aromatic heterocycles. The monoisotopic (exact) mass is 530 g/mol. The van der Waals surface area contributed by atoms with Crippen molar-refractivity contribution in [3.05, 3.63) is 0 Å². The van der Waals surface area contributed by atoms with Crippen LogP contribution in [0.4, 0.5) is 0 Å². The third-order valence-electron chi connectivity index (χ3n) is 7.88. The summed E-state index contributed by atoms with van der Waals surface area (Å²) in [7, 11) is 4.13. The molecule has 1 rings (SSSR count). The van der Waals surface area contributed by atoms with Crippen LogP contribution >= 0.6 is 0 Å². The molecule has 0 radical (unpaired) electrons. The summed E-state index contributed by atoms with van der Waals surface area (Å²) >= 11 is 0. The van der Waals surface area contributed by atoms with E-state index >= 15 is 0 Å². The smallest absolute Gasteiger partial charge is 0.311 e. The molecule has 0 aromatic carbocycles. The van der Waals surface area contributed by atoms with Gasteiger partial charge in [0.1, 0.15) is 6.10 Å². The minimum absolute atomic E-state index is 0.0259. The van der Waals surface area contributed by atoms with Gasteiger partial charge in [0.05, 0.1) is 29.8 Å². The number of nitrogens with zero attached hydrogens (tertiary/aromatic N) is 1. The van der Waals surface area contributed by atoms with Crippen molar-refractivity contribution in [3.8, 4) is 0 Å². The minimum Gasteiger partial charge on any atom is -0.459 e. The van der Waals surface area contributed by atoms with E-state index in [2.05, 4.69) is 32.8 Å². The number of carbonyl (C=O) groups is 1. The number of hydrogen-bond acceptors (Lipinski definition) is 8. The highest BCUT2D eigenvalue weighted by atomic mass is 16.7. The molecule has 0 bridgehead atoms. The first-order chi connectivity index (χ1) is 17.0. The van der Waals surface area contributed by atoms with Crippen LogP contribution in [0.5, 0.6) is 0 Å². The van der Waals surface area contributed by atoms with Crippen molar-refractivity contribution in [3.63, 3.8) is 0 Å². The van der Waals surface area contributed by atoms with Gasteiger partial charge in [-0.25, -0.2) is 0 Å². The van der Waals surface area contributed by atoms with Gasteiger partial charge in [0.2, 0.25) is 0 Å². The lowest BCUT2D eigenvalue weighted by Gasteiger charge is -2.42. The van der Waals surface area contributed by atoms with Gasteiger partial charge in [-0.3, -0.25) is 4.79 Å². The van der Waals surface area contributed by atoms with Gasteiger partial charge in [-0.1, -0.05) is 34.6 Å². The fourth-order valence-electron chi connectivity index (χ4n) is 5.90. The van der Waals surface area contributed by atoms with Gasteiger partial charge in [0.15, 0.2) is 6.29 Å². The summed E-state index contributed by atoms with van der Waals surface area (Å²) < 4.78 is 18.5. The number of aliphatic hydroxyl groups is 2. The Bertz CT molecular complexity index is 671. The van der Waals surface area contributed by atoms with E-state index in [0.717, 1.165) is 19.3 Å². The van der Waals surface area contributed by atoms with Gasteiger partial charge in [0, 0.05) is 24.4 Å². The number of hydrogen-bond donors (Lipinski definition) is 3. The van der Waals surface area contributed by atoms with E-state index < -0.39 is 36.0 Å². The summed E-state index contributed by atoms with van der Waals surface area (Å²) in [4.78, 5) is 15.3. The van der Waals surface area contributed by atoms with Crippen molar-refractivity contribution >= 4 is 5.97 Å². The van der Waals surface area contributed by atoms with Crippen LogP contribution in [0, 0.1) is 23.7 Å². The molecule has 1 saturated heterocycles. The van der Waals surface area contributed by atoms with Crippen LogP contribution in [-0.4, -0.2) is 83.6 Å². The Labute approximate surface area is 226 Å². The Balaban J connectivity index is 3.03. The Kier molecular flexibility index (Phi) is 14.0. The normalized spacial score (nSPS) is 28.2. The van der Waals surface area contributed by atoms with E-state index in [-0.39, 0.29) is 36.0 Å². The second-order valence-electron chi connectivity index (χ2n) is 12.7. The van der Waals surface area contributed by atoms with Gasteiger partial charge in [-0.05, 0) is 79.3 Å². The van der Waals surface area contributed by atoms with Crippen molar-refractivity contribution < 1.29 is 29.2 Å². The number of aliphatic hydroxyl groups excluding tert-OH is 1. The molecule has 11 atom stereocenters. The summed E-state index contributed by atoms with van der Waals surface area (Å²) in [5, 5.41) is 22.3. The van der Waals surface area contributed by atoms with E-state index in [0.29, 0.717) is 18.9 Å². The molecule has 9 unspecified atom stereocenters. The summed E-state index contributed by atoms with van der Waals surface area (Å²) in [6.07, 6.45) is 1.07. The second kappa shape index (κ2) is 15.1. The highest BCUT2D eigenvalue weighted by Gasteiger charge is 2.41. The highest BCUT2D eigenvalue weighted by Crippen LogP contribution is 2.33. The van der Waals surface area contributed by atoms with E-state index in [1.165, 1.54) is 0 Å². The maximum Gasteiger partial charge on any atom is 0.311 e.